The van der Waals surface area contributed by atoms with Crippen molar-refractivity contribution in [2.45, 2.75) is 6.54 Å². The molecule has 0 saturated carbocycles. The van der Waals surface area contributed by atoms with E-state index in [1.165, 1.54) is 0 Å². The number of amides is 1. The molecule has 3 rings (SSSR count). The first-order chi connectivity index (χ1) is 11.1. The number of carbonyl (C=O) groups excluding carboxylic acids is 1. The van der Waals surface area contributed by atoms with E-state index in [9.17, 15) is 4.79 Å². The summed E-state index contributed by atoms with van der Waals surface area (Å²) in [5.41, 5.74) is 1.91. The Morgan fingerprint density at radius 2 is 1.91 bits per heavy atom. The standard InChI is InChI=1S/C17H17BrN2O3/c1-20(9-12-2-7-15-16(8-12)23-11-22-15)10-17(21)19-14-5-3-13(18)4-6-14/h2-8H,9-11H2,1H3,(H,19,21)/p+1. The second-order valence-electron chi connectivity index (χ2n) is 5.55. The summed E-state index contributed by atoms with van der Waals surface area (Å²) in [4.78, 5) is 13.2. The molecular weight excluding hydrogens is 360 g/mol. The minimum atomic E-state index is -0.00874. The predicted octanol–water partition coefficient (Wildman–Crippen LogP) is 1.83. The quantitative estimate of drug-likeness (QED) is 0.835. The highest BCUT2D eigenvalue weighted by atomic mass is 79.9. The molecule has 0 spiro atoms. The molecule has 0 saturated heterocycles. The molecule has 1 heterocycles. The van der Waals surface area contributed by atoms with Crippen LogP contribution < -0.4 is 19.7 Å². The summed E-state index contributed by atoms with van der Waals surface area (Å²) in [7, 11) is 1.99. The third kappa shape index (κ3) is 4.24. The normalized spacial score (nSPS) is 13.7. The van der Waals surface area contributed by atoms with Gasteiger partial charge in [0, 0.05) is 15.7 Å². The van der Waals surface area contributed by atoms with E-state index in [2.05, 4.69) is 21.2 Å². The number of anilines is 1. The van der Waals surface area contributed by atoms with E-state index in [1.54, 1.807) is 0 Å². The van der Waals surface area contributed by atoms with Crippen LogP contribution in [0.25, 0.3) is 0 Å². The number of nitrogens with one attached hydrogen (secondary N) is 2. The Morgan fingerprint density at radius 1 is 1.17 bits per heavy atom. The lowest BCUT2D eigenvalue weighted by Crippen LogP contribution is -3.08. The molecule has 6 heteroatoms. The van der Waals surface area contributed by atoms with Crippen molar-refractivity contribution in [2.24, 2.45) is 0 Å². The Kier molecular flexibility index (Phi) is 4.83. The van der Waals surface area contributed by atoms with Crippen molar-refractivity contribution in [3.8, 4) is 11.5 Å². The monoisotopic (exact) mass is 377 g/mol. The molecule has 0 fully saturated rings. The van der Waals surface area contributed by atoms with Gasteiger partial charge < -0.3 is 19.7 Å². The van der Waals surface area contributed by atoms with Crippen molar-refractivity contribution in [2.75, 3.05) is 25.7 Å². The molecular formula is C17H18BrN2O3+. The summed E-state index contributed by atoms with van der Waals surface area (Å²) in [6, 6.07) is 13.4. The number of rotatable bonds is 5. The van der Waals surface area contributed by atoms with Crippen molar-refractivity contribution >= 4 is 27.5 Å². The first-order valence-corrected chi connectivity index (χ1v) is 8.15. The zero-order valence-corrected chi connectivity index (χ0v) is 14.4. The maximum Gasteiger partial charge on any atom is 0.279 e. The average molecular weight is 378 g/mol. The summed E-state index contributed by atoms with van der Waals surface area (Å²) < 4.78 is 11.7. The van der Waals surface area contributed by atoms with Gasteiger partial charge in [-0.2, -0.15) is 0 Å². The van der Waals surface area contributed by atoms with Crippen LogP contribution in [0, 0.1) is 0 Å². The third-order valence-corrected chi connectivity index (χ3v) is 4.06. The number of hydrogen-bond donors (Lipinski definition) is 2. The molecule has 5 nitrogen and oxygen atoms in total. The van der Waals surface area contributed by atoms with Crippen LogP contribution in [0.5, 0.6) is 11.5 Å². The van der Waals surface area contributed by atoms with Crippen LogP contribution in [0.4, 0.5) is 5.69 Å². The third-order valence-electron chi connectivity index (χ3n) is 3.53. The van der Waals surface area contributed by atoms with E-state index in [0.717, 1.165) is 38.7 Å². The smallest absolute Gasteiger partial charge is 0.279 e. The maximum absolute atomic E-state index is 12.1. The molecule has 1 atom stereocenters. The summed E-state index contributed by atoms with van der Waals surface area (Å²) in [5, 5.41) is 2.90. The number of hydrogen-bond acceptors (Lipinski definition) is 3. The van der Waals surface area contributed by atoms with Gasteiger partial charge in [0.25, 0.3) is 5.91 Å². The fourth-order valence-electron chi connectivity index (χ4n) is 2.47. The van der Waals surface area contributed by atoms with E-state index in [1.807, 2.05) is 49.5 Å². The first kappa shape index (κ1) is 15.8. The highest BCUT2D eigenvalue weighted by Crippen LogP contribution is 2.32. The Hall–Kier alpha value is -2.05. The molecule has 120 valence electrons. The van der Waals surface area contributed by atoms with Gasteiger partial charge in [0.05, 0.1) is 7.05 Å². The van der Waals surface area contributed by atoms with Gasteiger partial charge in [-0.25, -0.2) is 0 Å². The fourth-order valence-corrected chi connectivity index (χ4v) is 2.74. The minimum Gasteiger partial charge on any atom is -0.454 e. The SMILES string of the molecule is C[NH+](CC(=O)Nc1ccc(Br)cc1)Cc1ccc2c(c1)OCO2. The summed E-state index contributed by atoms with van der Waals surface area (Å²) in [6.45, 7) is 1.41. The number of quaternary nitrogens is 1. The van der Waals surface area contributed by atoms with Gasteiger partial charge >= 0.3 is 0 Å². The van der Waals surface area contributed by atoms with Crippen LogP contribution in [-0.4, -0.2) is 26.3 Å². The van der Waals surface area contributed by atoms with Crippen molar-refractivity contribution in [1.29, 1.82) is 0 Å². The number of fused-ring (bicyclic) bond motifs is 1. The Morgan fingerprint density at radius 3 is 2.70 bits per heavy atom. The van der Waals surface area contributed by atoms with E-state index < -0.39 is 0 Å². The average Bonchev–Trinajstić information content (AvgIpc) is 2.97. The van der Waals surface area contributed by atoms with Crippen LogP contribution in [0.3, 0.4) is 0 Å². The second kappa shape index (κ2) is 7.02. The van der Waals surface area contributed by atoms with E-state index in [-0.39, 0.29) is 12.7 Å². The molecule has 0 aromatic heterocycles. The summed E-state index contributed by atoms with van der Waals surface area (Å²) in [6.07, 6.45) is 0. The van der Waals surface area contributed by atoms with Gasteiger partial charge in [-0.1, -0.05) is 15.9 Å². The Labute approximate surface area is 143 Å². The molecule has 2 aromatic carbocycles. The lowest BCUT2D eigenvalue weighted by atomic mass is 10.2. The van der Waals surface area contributed by atoms with E-state index >= 15 is 0 Å². The van der Waals surface area contributed by atoms with Crippen LogP contribution >= 0.6 is 15.9 Å². The molecule has 0 bridgehead atoms. The number of carbonyl (C=O) groups is 1. The van der Waals surface area contributed by atoms with Crippen LogP contribution in [0.2, 0.25) is 0 Å². The molecule has 2 aromatic rings. The Bertz CT molecular complexity index is 703. The largest absolute Gasteiger partial charge is 0.454 e. The topological polar surface area (TPSA) is 52.0 Å². The van der Waals surface area contributed by atoms with Crippen LogP contribution in [0.1, 0.15) is 5.56 Å². The lowest BCUT2D eigenvalue weighted by Gasteiger charge is -2.14. The number of likely N-dealkylation sites (N-methyl/N-ethyl adjacent to an activating group) is 1. The lowest BCUT2D eigenvalue weighted by molar-refractivity contribution is -0.885. The number of benzene rings is 2. The highest BCUT2D eigenvalue weighted by Gasteiger charge is 2.16. The first-order valence-electron chi connectivity index (χ1n) is 7.35. The van der Waals surface area contributed by atoms with Crippen molar-refractivity contribution in [3.05, 3.63) is 52.5 Å². The molecule has 0 radical (unpaired) electrons. The van der Waals surface area contributed by atoms with Crippen molar-refractivity contribution < 1.29 is 19.2 Å². The molecule has 1 unspecified atom stereocenters. The molecule has 23 heavy (non-hydrogen) atoms. The maximum atomic E-state index is 12.1. The molecule has 1 amide bonds. The van der Waals surface area contributed by atoms with Gasteiger partial charge in [0.15, 0.2) is 18.0 Å². The molecule has 2 N–H and O–H groups in total. The van der Waals surface area contributed by atoms with Crippen molar-refractivity contribution in [1.82, 2.24) is 0 Å². The number of halogens is 1. The van der Waals surface area contributed by atoms with Crippen LogP contribution in [0.15, 0.2) is 46.9 Å². The van der Waals surface area contributed by atoms with Gasteiger partial charge in [-0.3, -0.25) is 4.79 Å². The predicted molar refractivity (Wildman–Crippen MR) is 90.8 cm³/mol. The zero-order valence-electron chi connectivity index (χ0n) is 12.8. The van der Waals surface area contributed by atoms with E-state index in [4.69, 9.17) is 9.47 Å². The number of ether oxygens (including phenoxy) is 2. The highest BCUT2D eigenvalue weighted by molar-refractivity contribution is 9.10. The molecule has 1 aliphatic heterocycles. The zero-order chi connectivity index (χ0) is 16.2. The minimum absolute atomic E-state index is 0.00874. The summed E-state index contributed by atoms with van der Waals surface area (Å²) in [5.74, 6) is 1.54. The fraction of sp³-hybridized carbons (Fsp3) is 0.235. The van der Waals surface area contributed by atoms with E-state index in [0.29, 0.717) is 6.54 Å². The Balaban J connectivity index is 1.53. The van der Waals surface area contributed by atoms with Gasteiger partial charge in [0.1, 0.15) is 6.54 Å². The van der Waals surface area contributed by atoms with Crippen molar-refractivity contribution in [3.63, 3.8) is 0 Å². The van der Waals surface area contributed by atoms with Gasteiger partial charge in [0.2, 0.25) is 6.79 Å². The second-order valence-corrected chi connectivity index (χ2v) is 6.47. The van der Waals surface area contributed by atoms with Crippen LogP contribution in [-0.2, 0) is 11.3 Å². The van der Waals surface area contributed by atoms with Gasteiger partial charge in [-0.15, -0.1) is 0 Å². The molecule has 1 aliphatic rings. The molecule has 0 aliphatic carbocycles. The summed E-state index contributed by atoms with van der Waals surface area (Å²) >= 11 is 3.37. The van der Waals surface area contributed by atoms with Gasteiger partial charge in [-0.05, 0) is 42.5 Å².